The highest BCUT2D eigenvalue weighted by Crippen LogP contribution is 2.31. The van der Waals surface area contributed by atoms with E-state index in [1.54, 1.807) is 6.07 Å². The van der Waals surface area contributed by atoms with E-state index in [2.05, 4.69) is 37.7 Å². The molecule has 2 atom stereocenters. The number of thiophene rings is 1. The molecule has 2 heterocycles. The van der Waals surface area contributed by atoms with E-state index in [9.17, 15) is 8.42 Å². The first-order valence-corrected chi connectivity index (χ1v) is 9.33. The summed E-state index contributed by atoms with van der Waals surface area (Å²) in [4.78, 5) is 1.09. The molecule has 0 radical (unpaired) electrons. The van der Waals surface area contributed by atoms with Crippen LogP contribution in [0.3, 0.4) is 0 Å². The van der Waals surface area contributed by atoms with E-state index in [-0.39, 0.29) is 11.5 Å². The molecule has 6 heteroatoms. The van der Waals surface area contributed by atoms with Gasteiger partial charge in [-0.15, -0.1) is 11.3 Å². The fourth-order valence-corrected chi connectivity index (χ4v) is 5.00. The first kappa shape index (κ1) is 15.9. The molecule has 1 aromatic heterocycles. The Morgan fingerprint density at radius 2 is 2.05 bits per heavy atom. The number of hydrogen-bond donors (Lipinski definition) is 2. The Hall–Kier alpha value is -0.430. The molecule has 114 valence electrons. The zero-order valence-electron chi connectivity index (χ0n) is 12.6. The largest absolute Gasteiger partial charge is 0.315 e. The number of rotatable bonds is 3. The first-order chi connectivity index (χ1) is 9.20. The Balaban J connectivity index is 2.16. The van der Waals surface area contributed by atoms with Crippen LogP contribution in [0.4, 0.5) is 0 Å². The van der Waals surface area contributed by atoms with Crippen molar-refractivity contribution >= 4 is 21.4 Å². The third kappa shape index (κ3) is 3.61. The minimum Gasteiger partial charge on any atom is -0.315 e. The number of piperidine rings is 1. The van der Waals surface area contributed by atoms with Gasteiger partial charge in [-0.05, 0) is 36.4 Å². The zero-order valence-corrected chi connectivity index (χ0v) is 14.2. The lowest BCUT2D eigenvalue weighted by Gasteiger charge is -2.29. The predicted octanol–water partition coefficient (Wildman–Crippen LogP) is 2.32. The van der Waals surface area contributed by atoms with Crippen molar-refractivity contribution in [2.75, 3.05) is 13.1 Å². The van der Waals surface area contributed by atoms with Gasteiger partial charge in [-0.3, -0.25) is 0 Å². The van der Waals surface area contributed by atoms with Crippen molar-refractivity contribution in [3.8, 4) is 0 Å². The van der Waals surface area contributed by atoms with Crippen LogP contribution < -0.4 is 10.0 Å². The summed E-state index contributed by atoms with van der Waals surface area (Å²) in [6.45, 7) is 10.1. The topological polar surface area (TPSA) is 58.2 Å². The van der Waals surface area contributed by atoms with Gasteiger partial charge in [0.2, 0.25) is 10.0 Å². The maximum Gasteiger partial charge on any atom is 0.250 e. The summed E-state index contributed by atoms with van der Waals surface area (Å²) in [5, 5.41) is 3.25. The van der Waals surface area contributed by atoms with Crippen LogP contribution in [0, 0.1) is 5.92 Å². The van der Waals surface area contributed by atoms with Crippen molar-refractivity contribution < 1.29 is 8.42 Å². The molecule has 2 unspecified atom stereocenters. The molecule has 0 amide bonds. The molecule has 1 fully saturated rings. The van der Waals surface area contributed by atoms with Crippen molar-refractivity contribution in [1.29, 1.82) is 0 Å². The van der Waals surface area contributed by atoms with E-state index >= 15 is 0 Å². The second-order valence-electron chi connectivity index (χ2n) is 6.57. The van der Waals surface area contributed by atoms with Crippen molar-refractivity contribution in [2.45, 2.75) is 49.8 Å². The molecule has 2 N–H and O–H groups in total. The highest BCUT2D eigenvalue weighted by Gasteiger charge is 2.28. The van der Waals surface area contributed by atoms with Gasteiger partial charge >= 0.3 is 0 Å². The minimum atomic E-state index is -3.40. The fourth-order valence-electron chi connectivity index (χ4n) is 2.27. The van der Waals surface area contributed by atoms with Gasteiger partial charge in [0.25, 0.3) is 0 Å². The predicted molar refractivity (Wildman–Crippen MR) is 83.8 cm³/mol. The Bertz CT molecular complexity index is 558. The molecule has 0 saturated carbocycles. The van der Waals surface area contributed by atoms with Crippen molar-refractivity contribution in [3.63, 3.8) is 0 Å². The monoisotopic (exact) mass is 316 g/mol. The maximum atomic E-state index is 12.5. The normalized spacial score (nSPS) is 24.8. The van der Waals surface area contributed by atoms with E-state index in [0.717, 1.165) is 17.8 Å². The van der Waals surface area contributed by atoms with Crippen molar-refractivity contribution in [1.82, 2.24) is 10.0 Å². The van der Waals surface area contributed by atoms with Crippen LogP contribution in [0.25, 0.3) is 0 Å². The zero-order chi connectivity index (χ0) is 15.0. The summed E-state index contributed by atoms with van der Waals surface area (Å²) in [5.41, 5.74) is -0.0158. The fraction of sp³-hybridized carbons (Fsp3) is 0.714. The van der Waals surface area contributed by atoms with Crippen LogP contribution in [0.15, 0.2) is 16.3 Å². The van der Waals surface area contributed by atoms with Crippen LogP contribution in [-0.4, -0.2) is 27.5 Å². The molecular weight excluding hydrogens is 292 g/mol. The van der Waals surface area contributed by atoms with E-state index in [0.29, 0.717) is 16.7 Å². The van der Waals surface area contributed by atoms with Crippen LogP contribution in [0.1, 0.15) is 39.0 Å². The van der Waals surface area contributed by atoms with Crippen LogP contribution in [0.2, 0.25) is 0 Å². The molecule has 1 saturated heterocycles. The lowest BCUT2D eigenvalue weighted by Crippen LogP contribution is -2.49. The van der Waals surface area contributed by atoms with Gasteiger partial charge in [-0.1, -0.05) is 27.7 Å². The Morgan fingerprint density at radius 1 is 1.35 bits per heavy atom. The molecule has 0 spiro atoms. The highest BCUT2D eigenvalue weighted by molar-refractivity contribution is 7.91. The molecule has 0 aromatic carbocycles. The molecule has 4 nitrogen and oxygen atoms in total. The van der Waals surface area contributed by atoms with Crippen LogP contribution >= 0.6 is 11.3 Å². The molecule has 1 aliphatic heterocycles. The van der Waals surface area contributed by atoms with E-state index in [1.807, 2.05) is 6.07 Å². The average molecular weight is 316 g/mol. The van der Waals surface area contributed by atoms with Gasteiger partial charge in [0.15, 0.2) is 0 Å². The van der Waals surface area contributed by atoms with Gasteiger partial charge in [0.1, 0.15) is 4.21 Å². The molecule has 0 bridgehead atoms. The summed E-state index contributed by atoms with van der Waals surface area (Å²) < 4.78 is 28.2. The number of nitrogens with one attached hydrogen (secondary N) is 2. The standard InChI is InChI=1S/C14H24N2O2S2/c1-10-7-8-15-9-11(10)16-20(17,18)13-6-5-12(19-13)14(2,3)4/h5-6,10-11,15-16H,7-9H2,1-4H3. The molecule has 1 aliphatic rings. The van der Waals surface area contributed by atoms with Gasteiger partial charge in [-0.25, -0.2) is 13.1 Å². The summed E-state index contributed by atoms with van der Waals surface area (Å²) in [6.07, 6.45) is 1.00. The molecule has 1 aromatic rings. The third-order valence-corrected chi connectivity index (χ3v) is 7.21. The SMILES string of the molecule is CC1CCNCC1NS(=O)(=O)c1ccc(C(C)(C)C)s1. The highest BCUT2D eigenvalue weighted by atomic mass is 32.2. The van der Waals surface area contributed by atoms with Gasteiger partial charge < -0.3 is 5.32 Å². The number of hydrogen-bond acceptors (Lipinski definition) is 4. The van der Waals surface area contributed by atoms with E-state index in [1.165, 1.54) is 11.3 Å². The van der Waals surface area contributed by atoms with Crippen LogP contribution in [0.5, 0.6) is 0 Å². The molecular formula is C14H24N2O2S2. The second-order valence-corrected chi connectivity index (χ2v) is 9.59. The molecule has 0 aliphatic carbocycles. The minimum absolute atomic E-state index is 0.0158. The Labute approximate surface area is 126 Å². The van der Waals surface area contributed by atoms with Crippen LogP contribution in [-0.2, 0) is 15.4 Å². The Kier molecular flexibility index (Phi) is 4.59. The van der Waals surface area contributed by atoms with E-state index < -0.39 is 10.0 Å². The molecule has 20 heavy (non-hydrogen) atoms. The quantitative estimate of drug-likeness (QED) is 0.900. The van der Waals surface area contributed by atoms with Gasteiger partial charge in [-0.2, -0.15) is 0 Å². The van der Waals surface area contributed by atoms with Gasteiger partial charge in [0, 0.05) is 17.5 Å². The van der Waals surface area contributed by atoms with Crippen molar-refractivity contribution in [3.05, 3.63) is 17.0 Å². The maximum absolute atomic E-state index is 12.5. The Morgan fingerprint density at radius 3 is 2.60 bits per heavy atom. The van der Waals surface area contributed by atoms with Gasteiger partial charge in [0.05, 0.1) is 0 Å². The first-order valence-electron chi connectivity index (χ1n) is 7.03. The number of sulfonamides is 1. The second kappa shape index (κ2) is 5.75. The lowest BCUT2D eigenvalue weighted by molar-refractivity contribution is 0.327. The smallest absolute Gasteiger partial charge is 0.250 e. The summed E-state index contributed by atoms with van der Waals surface area (Å²) in [7, 11) is -3.40. The third-order valence-electron chi connectivity index (χ3n) is 3.72. The van der Waals surface area contributed by atoms with E-state index in [4.69, 9.17) is 0 Å². The average Bonchev–Trinajstić information content (AvgIpc) is 2.81. The van der Waals surface area contributed by atoms with Crippen molar-refractivity contribution in [2.24, 2.45) is 5.92 Å². The lowest BCUT2D eigenvalue weighted by atomic mass is 9.95. The summed E-state index contributed by atoms with van der Waals surface area (Å²) in [5.74, 6) is 0.369. The summed E-state index contributed by atoms with van der Waals surface area (Å²) in [6, 6.07) is 3.62. The molecule has 2 rings (SSSR count). The summed E-state index contributed by atoms with van der Waals surface area (Å²) >= 11 is 1.37.